The van der Waals surface area contributed by atoms with Crippen LogP contribution in [0.2, 0.25) is 0 Å². The zero-order chi connectivity index (χ0) is 25.0. The van der Waals surface area contributed by atoms with Crippen molar-refractivity contribution in [3.8, 4) is 0 Å². The Balaban J connectivity index is -0.0000000134. The van der Waals surface area contributed by atoms with E-state index in [9.17, 15) is 0 Å². The first-order valence-electron chi connectivity index (χ1n) is 4.29. The van der Waals surface area contributed by atoms with Crippen molar-refractivity contribution in [1.82, 2.24) is 0 Å². The Labute approximate surface area is 283 Å². The van der Waals surface area contributed by atoms with Gasteiger partial charge in [-0.05, 0) is 0 Å². The van der Waals surface area contributed by atoms with Crippen LogP contribution in [-0.2, 0) is 70.2 Å². The van der Waals surface area contributed by atoms with E-state index in [-0.39, 0.29) is 124 Å². The maximum absolute atomic E-state index is 8.52. The average molecular weight is 915 g/mol. The van der Waals surface area contributed by atoms with E-state index in [0.717, 1.165) is 0 Å². The number of rotatable bonds is 0. The van der Waals surface area contributed by atoms with Gasteiger partial charge in [0.1, 0.15) is 0 Å². The third-order valence-corrected chi connectivity index (χ3v) is 0. The van der Waals surface area contributed by atoms with Crippen molar-refractivity contribution < 1.29 is 175 Å². The SMILES string of the molecule is O=[Si]([O-])[O-].O=[Si]([O-])[O-].O=[Si]([O-])[O-].O=[Si]([O-])[O-].O=[Si]([O-])[O-].O=[Si]([O-])[O-].O=[Si]([O-])[O-].[Li+].[Li+].[Sn+4].[Sn+4].[Zn+2].[Zn+2]. The van der Waals surface area contributed by atoms with Crippen molar-refractivity contribution in [3.63, 3.8) is 0 Å². The summed E-state index contributed by atoms with van der Waals surface area (Å²) in [6.45, 7) is 0. The van der Waals surface area contributed by atoms with Gasteiger partial charge in [-0.15, -0.1) is 0 Å². The van der Waals surface area contributed by atoms with Crippen molar-refractivity contribution >= 4 is 112 Å². The monoisotopic (exact) mass is 913 g/mol. The molecule has 0 radical (unpaired) electrons. The molecule has 0 aliphatic heterocycles. The van der Waals surface area contributed by atoms with Crippen molar-refractivity contribution in [2.45, 2.75) is 0 Å². The van der Waals surface area contributed by atoms with E-state index in [1.165, 1.54) is 0 Å². The van der Waals surface area contributed by atoms with Gasteiger partial charge in [-0.2, -0.15) is 0 Å². The number of hydrogen-bond donors (Lipinski definition) is 0. The molecule has 0 saturated heterocycles. The fraction of sp³-hybridized carbons (Fsp3) is 0. The van der Waals surface area contributed by atoms with Crippen molar-refractivity contribution in [2.24, 2.45) is 0 Å². The topological polar surface area (TPSA) is 442 Å². The maximum atomic E-state index is 8.52. The summed E-state index contributed by atoms with van der Waals surface area (Å²) >= 11 is 0. The molecule has 0 aromatic carbocycles. The van der Waals surface area contributed by atoms with Crippen LogP contribution in [0.15, 0.2) is 0 Å². The number of hydrogen-bond acceptors (Lipinski definition) is 21. The van der Waals surface area contributed by atoms with E-state index < -0.39 is 64.2 Å². The van der Waals surface area contributed by atoms with Crippen molar-refractivity contribution in [3.05, 3.63) is 0 Å². The van der Waals surface area contributed by atoms with Gasteiger partial charge in [0.25, 0.3) is 0 Å². The molecule has 0 fully saturated rings. The van der Waals surface area contributed by atoms with Gasteiger partial charge < -0.3 is 98.4 Å². The predicted octanol–water partition coefficient (Wildman–Crippen LogP) is -26.9. The minimum Gasteiger partial charge on any atom is -0.672 e. The first-order chi connectivity index (χ1) is 12.1. The molecule has 0 amide bonds. The van der Waals surface area contributed by atoms with Gasteiger partial charge >= 0.3 is 124 Å². The van der Waals surface area contributed by atoms with Gasteiger partial charge in [-0.25, -0.2) is 0 Å². The molecule has 0 spiro atoms. The minimum absolute atomic E-state index is 0. The van der Waals surface area contributed by atoms with E-state index in [2.05, 4.69) is 0 Å². The molecule has 0 aliphatic carbocycles. The Morgan fingerprint density at radius 2 is 0.265 bits per heavy atom. The summed E-state index contributed by atoms with van der Waals surface area (Å²) in [6, 6.07) is 0. The molecule has 34 heteroatoms. The Bertz CT molecular complexity index is 334. The van der Waals surface area contributed by atoms with Gasteiger partial charge in [0.15, 0.2) is 0 Å². The van der Waals surface area contributed by atoms with Crippen molar-refractivity contribution in [1.29, 1.82) is 0 Å². The van der Waals surface area contributed by atoms with Crippen LogP contribution in [0, 0.1) is 0 Å². The largest absolute Gasteiger partial charge is 4.00 e. The first kappa shape index (κ1) is 83.5. The standard InChI is InChI=1S/2Li.7O3Si.2Sn.2Zn/c;;7*1-4(2)3;;;;/q2*+1;7*-2;2*+4;2*+2. The van der Waals surface area contributed by atoms with Crippen LogP contribution in [0.4, 0.5) is 0 Å². The summed E-state index contributed by atoms with van der Waals surface area (Å²) in [5.41, 5.74) is 0. The summed E-state index contributed by atoms with van der Waals surface area (Å²) in [6.07, 6.45) is 0. The van der Waals surface area contributed by atoms with E-state index in [0.29, 0.717) is 0 Å². The molecule has 168 valence electrons. The summed E-state index contributed by atoms with van der Waals surface area (Å²) in [5, 5.41) is 0. The summed E-state index contributed by atoms with van der Waals surface area (Å²) in [4.78, 5) is 119. The zero-order valence-corrected chi connectivity index (χ0v) is 35.1. The molecule has 0 aromatic rings. The molecule has 0 bridgehead atoms. The van der Waals surface area contributed by atoms with Gasteiger partial charge in [0.05, 0.1) is 0 Å². The molecule has 21 nitrogen and oxygen atoms in total. The Hall–Kier alpha value is 1.36. The Morgan fingerprint density at radius 1 is 0.265 bits per heavy atom. The van der Waals surface area contributed by atoms with Gasteiger partial charge in [-0.1, -0.05) is 0 Å². The van der Waals surface area contributed by atoms with E-state index >= 15 is 0 Å². The van der Waals surface area contributed by atoms with Gasteiger partial charge in [0.2, 0.25) is 0 Å². The Morgan fingerprint density at radius 3 is 0.265 bits per heavy atom. The third kappa shape index (κ3) is 19000. The molecule has 0 aliphatic rings. The van der Waals surface area contributed by atoms with Crippen LogP contribution in [0.5, 0.6) is 0 Å². The Kier molecular flexibility index (Phi) is 188. The second-order valence-corrected chi connectivity index (χ2v) is 5.25. The third-order valence-electron chi connectivity index (χ3n) is 0. The molecular weight excluding hydrogens is 915 g/mol. The van der Waals surface area contributed by atoms with Gasteiger partial charge in [-0.3, -0.25) is 0 Å². The summed E-state index contributed by atoms with van der Waals surface area (Å²) in [5.74, 6) is 0. The summed E-state index contributed by atoms with van der Waals surface area (Å²) < 4.78 is 59.6. The molecular formula is Li2O21Si7Sn2Zn2. The molecule has 0 rings (SSSR count). The molecule has 0 unspecified atom stereocenters. The normalized spacial score (nSPS) is 4.94. The molecule has 0 atom stereocenters. The van der Waals surface area contributed by atoms with E-state index in [1.54, 1.807) is 0 Å². The van der Waals surface area contributed by atoms with Crippen LogP contribution in [-0.4, -0.2) is 112 Å². The zero-order valence-electron chi connectivity index (χ0n) is 16.5. The molecule has 0 heterocycles. The van der Waals surface area contributed by atoms with Gasteiger partial charge in [0, 0.05) is 64.2 Å². The first-order valence-corrected chi connectivity index (χ1v) is 12.9. The van der Waals surface area contributed by atoms with Crippen LogP contribution in [0.3, 0.4) is 0 Å². The molecule has 0 saturated carbocycles. The summed E-state index contributed by atoms with van der Waals surface area (Å²) in [7, 11) is -25.4. The van der Waals surface area contributed by atoms with Crippen LogP contribution < -0.4 is 105 Å². The average Bonchev–Trinajstić information content (AvgIpc) is 2.20. The quantitative estimate of drug-likeness (QED) is 0.204. The van der Waals surface area contributed by atoms with Crippen LogP contribution >= 0.6 is 0 Å². The minimum atomic E-state index is -3.63. The smallest absolute Gasteiger partial charge is 0.672 e. The molecule has 0 N–H and O–H groups in total. The van der Waals surface area contributed by atoms with Crippen LogP contribution in [0.1, 0.15) is 0 Å². The predicted molar refractivity (Wildman–Crippen MR) is 56.6 cm³/mol. The fourth-order valence-electron chi connectivity index (χ4n) is 0. The van der Waals surface area contributed by atoms with Crippen LogP contribution in [0.25, 0.3) is 0 Å². The second-order valence-electron chi connectivity index (χ2n) is 1.75. The molecule has 34 heavy (non-hydrogen) atoms. The fourth-order valence-corrected chi connectivity index (χ4v) is 0. The van der Waals surface area contributed by atoms with E-state index in [1.807, 2.05) is 0 Å². The second kappa shape index (κ2) is 76.5. The maximum Gasteiger partial charge on any atom is 4.00 e. The molecule has 0 aromatic heterocycles. The van der Waals surface area contributed by atoms with Crippen molar-refractivity contribution in [2.75, 3.05) is 0 Å². The van der Waals surface area contributed by atoms with E-state index in [4.69, 9.17) is 98.4 Å².